The molecule has 1 fully saturated rings. The highest BCUT2D eigenvalue weighted by molar-refractivity contribution is 6.03. The number of nitrogen functional groups attached to an aromatic ring is 1. The molecule has 4 nitrogen and oxygen atoms in total. The molecule has 4 rings (SSSR count). The van der Waals surface area contributed by atoms with Gasteiger partial charge in [0.2, 0.25) is 5.95 Å². The van der Waals surface area contributed by atoms with Crippen molar-refractivity contribution in [3.63, 3.8) is 0 Å². The van der Waals surface area contributed by atoms with Gasteiger partial charge in [0, 0.05) is 11.4 Å². The molecule has 0 radical (unpaired) electrons. The molecule has 2 heterocycles. The lowest BCUT2D eigenvalue weighted by Gasteiger charge is -2.22. The van der Waals surface area contributed by atoms with Crippen LogP contribution in [0.15, 0.2) is 30.5 Å². The summed E-state index contributed by atoms with van der Waals surface area (Å²) in [5.41, 5.74) is 9.28. The number of aromatic nitrogens is 3. The molecule has 1 aliphatic rings. The lowest BCUT2D eigenvalue weighted by atomic mass is 9.99. The van der Waals surface area contributed by atoms with Crippen molar-refractivity contribution < 1.29 is 0 Å². The van der Waals surface area contributed by atoms with E-state index < -0.39 is 0 Å². The maximum absolute atomic E-state index is 6.24. The number of hydrogen-bond acceptors (Lipinski definition) is 3. The van der Waals surface area contributed by atoms with E-state index in [4.69, 9.17) is 5.73 Å². The van der Waals surface area contributed by atoms with Crippen LogP contribution in [0, 0.1) is 5.92 Å². The molecule has 4 heteroatoms. The second-order valence-electron chi connectivity index (χ2n) is 6.13. The maximum atomic E-state index is 6.24. The number of fused-ring (bicyclic) bond motifs is 3. The predicted molar refractivity (Wildman–Crippen MR) is 86.1 cm³/mol. The molecule has 1 atom stereocenters. The summed E-state index contributed by atoms with van der Waals surface area (Å²) in [4.78, 5) is 9.02. The van der Waals surface area contributed by atoms with E-state index in [2.05, 4.69) is 33.6 Å². The molecule has 0 bridgehead atoms. The summed E-state index contributed by atoms with van der Waals surface area (Å²) >= 11 is 0. The lowest BCUT2D eigenvalue weighted by molar-refractivity contribution is 0.371. The average molecular weight is 280 g/mol. The second-order valence-corrected chi connectivity index (χ2v) is 6.13. The topological polar surface area (TPSA) is 56.7 Å². The number of rotatable bonds is 2. The Balaban J connectivity index is 1.98. The molecule has 1 saturated carbocycles. The van der Waals surface area contributed by atoms with Gasteiger partial charge in [-0.15, -0.1) is 0 Å². The molecular weight excluding hydrogens is 260 g/mol. The van der Waals surface area contributed by atoms with Crippen molar-refractivity contribution in [2.45, 2.75) is 38.6 Å². The van der Waals surface area contributed by atoms with Gasteiger partial charge in [-0.2, -0.15) is 0 Å². The maximum Gasteiger partial charge on any atom is 0.201 e. The van der Waals surface area contributed by atoms with Crippen LogP contribution < -0.4 is 5.73 Å². The van der Waals surface area contributed by atoms with Crippen LogP contribution in [-0.2, 0) is 0 Å². The highest BCUT2D eigenvalue weighted by Gasteiger charge is 2.26. The van der Waals surface area contributed by atoms with E-state index >= 15 is 0 Å². The smallest absolute Gasteiger partial charge is 0.201 e. The second kappa shape index (κ2) is 4.72. The number of nitrogens with zero attached hydrogens (tertiary/aromatic N) is 3. The van der Waals surface area contributed by atoms with E-state index in [-0.39, 0.29) is 0 Å². The summed E-state index contributed by atoms with van der Waals surface area (Å²) in [5.74, 6) is 1.32. The Morgan fingerprint density at radius 3 is 2.76 bits per heavy atom. The third-order valence-electron chi connectivity index (χ3n) is 4.94. The highest BCUT2D eigenvalue weighted by atomic mass is 15.2. The molecule has 108 valence electrons. The van der Waals surface area contributed by atoms with Crippen LogP contribution in [0.1, 0.15) is 38.6 Å². The number of imidazole rings is 1. The Morgan fingerprint density at radius 2 is 1.95 bits per heavy atom. The van der Waals surface area contributed by atoms with Gasteiger partial charge in [0.1, 0.15) is 5.52 Å². The first-order chi connectivity index (χ1) is 10.3. The lowest BCUT2D eigenvalue weighted by Crippen LogP contribution is -2.16. The van der Waals surface area contributed by atoms with Gasteiger partial charge in [0.05, 0.1) is 17.2 Å². The summed E-state index contributed by atoms with van der Waals surface area (Å²) in [6, 6.07) is 8.62. The fourth-order valence-electron chi connectivity index (χ4n) is 3.81. The zero-order valence-electron chi connectivity index (χ0n) is 12.3. The average Bonchev–Trinajstić information content (AvgIpc) is 3.13. The van der Waals surface area contributed by atoms with Gasteiger partial charge in [0.25, 0.3) is 0 Å². The van der Waals surface area contributed by atoms with Gasteiger partial charge in [-0.3, -0.25) is 4.98 Å². The first-order valence-corrected chi connectivity index (χ1v) is 7.77. The van der Waals surface area contributed by atoms with E-state index in [1.807, 2.05) is 18.3 Å². The molecule has 1 aliphatic carbocycles. The molecule has 21 heavy (non-hydrogen) atoms. The molecule has 1 unspecified atom stereocenters. The summed E-state index contributed by atoms with van der Waals surface area (Å²) in [6.07, 6.45) is 7.10. The monoisotopic (exact) mass is 280 g/mol. The standard InChI is InChI=1S/C17H20N4/c1-11(12-6-2-3-7-12)21-16-13-8-4-5-9-14(13)19-10-15(16)20-17(21)18/h4-5,8-12H,2-3,6-7H2,1H3,(H2,18,20). The highest BCUT2D eigenvalue weighted by Crippen LogP contribution is 2.38. The van der Waals surface area contributed by atoms with Gasteiger partial charge in [-0.05, 0) is 31.7 Å². The normalized spacial score (nSPS) is 17.8. The number of para-hydroxylation sites is 1. The van der Waals surface area contributed by atoms with Gasteiger partial charge in [-0.25, -0.2) is 4.98 Å². The van der Waals surface area contributed by atoms with Crippen molar-refractivity contribution in [1.29, 1.82) is 0 Å². The minimum absolute atomic E-state index is 0.392. The molecule has 2 aromatic heterocycles. The zero-order valence-corrected chi connectivity index (χ0v) is 12.3. The zero-order chi connectivity index (χ0) is 14.4. The van der Waals surface area contributed by atoms with Crippen molar-refractivity contribution in [3.8, 4) is 0 Å². The van der Waals surface area contributed by atoms with Crippen molar-refractivity contribution in [3.05, 3.63) is 30.5 Å². The largest absolute Gasteiger partial charge is 0.369 e. The summed E-state index contributed by atoms with van der Waals surface area (Å²) < 4.78 is 2.23. The first kappa shape index (κ1) is 12.6. The minimum atomic E-state index is 0.392. The van der Waals surface area contributed by atoms with E-state index in [1.165, 1.54) is 25.7 Å². The molecule has 2 N–H and O–H groups in total. The Labute approximate surface area is 124 Å². The Morgan fingerprint density at radius 1 is 1.19 bits per heavy atom. The van der Waals surface area contributed by atoms with Gasteiger partial charge in [-0.1, -0.05) is 31.0 Å². The van der Waals surface area contributed by atoms with Crippen molar-refractivity contribution in [1.82, 2.24) is 14.5 Å². The Bertz CT molecular complexity index is 799. The SMILES string of the molecule is CC(C1CCCC1)n1c(N)nc2cnc3ccccc3c21. The van der Waals surface area contributed by atoms with Crippen LogP contribution >= 0.6 is 0 Å². The molecule has 0 saturated heterocycles. The van der Waals surface area contributed by atoms with Crippen LogP contribution in [0.5, 0.6) is 0 Å². The number of pyridine rings is 1. The fraction of sp³-hybridized carbons (Fsp3) is 0.412. The van der Waals surface area contributed by atoms with Crippen LogP contribution in [0.2, 0.25) is 0 Å². The van der Waals surface area contributed by atoms with Crippen LogP contribution in [0.3, 0.4) is 0 Å². The van der Waals surface area contributed by atoms with Crippen molar-refractivity contribution >= 4 is 27.9 Å². The molecule has 0 amide bonds. The van der Waals surface area contributed by atoms with Crippen molar-refractivity contribution in [2.75, 3.05) is 5.73 Å². The third-order valence-corrected chi connectivity index (χ3v) is 4.94. The number of benzene rings is 1. The van der Waals surface area contributed by atoms with Gasteiger partial charge >= 0.3 is 0 Å². The summed E-state index contributed by atoms with van der Waals surface area (Å²) in [5, 5.41) is 1.14. The molecule has 0 aliphatic heterocycles. The molecule has 0 spiro atoms. The molecular formula is C17H20N4. The van der Waals surface area contributed by atoms with Crippen LogP contribution in [-0.4, -0.2) is 14.5 Å². The van der Waals surface area contributed by atoms with Crippen molar-refractivity contribution in [2.24, 2.45) is 5.92 Å². The van der Waals surface area contributed by atoms with E-state index in [0.717, 1.165) is 21.9 Å². The quantitative estimate of drug-likeness (QED) is 0.774. The molecule has 3 aromatic rings. The number of hydrogen-bond donors (Lipinski definition) is 1. The number of anilines is 1. The molecule has 1 aromatic carbocycles. The fourth-order valence-corrected chi connectivity index (χ4v) is 3.81. The van der Waals surface area contributed by atoms with E-state index in [1.54, 1.807) is 0 Å². The van der Waals surface area contributed by atoms with Gasteiger partial charge < -0.3 is 10.3 Å². The predicted octanol–water partition coefficient (Wildman–Crippen LogP) is 3.92. The van der Waals surface area contributed by atoms with Gasteiger partial charge in [0.15, 0.2) is 0 Å². The van der Waals surface area contributed by atoms with Crippen LogP contribution in [0.4, 0.5) is 5.95 Å². The third kappa shape index (κ3) is 1.89. The Hall–Kier alpha value is -2.10. The van der Waals surface area contributed by atoms with E-state index in [9.17, 15) is 0 Å². The first-order valence-electron chi connectivity index (χ1n) is 7.77. The number of nitrogens with two attached hydrogens (primary N) is 1. The van der Waals surface area contributed by atoms with Crippen LogP contribution in [0.25, 0.3) is 21.9 Å². The summed E-state index contributed by atoms with van der Waals surface area (Å²) in [6.45, 7) is 2.28. The Kier molecular flexibility index (Phi) is 2.84. The van der Waals surface area contributed by atoms with E-state index in [0.29, 0.717) is 17.9 Å². The summed E-state index contributed by atoms with van der Waals surface area (Å²) in [7, 11) is 0. The minimum Gasteiger partial charge on any atom is -0.369 e.